The molecule has 17 heavy (non-hydrogen) atoms. The van der Waals surface area contributed by atoms with Crippen LogP contribution in [0.15, 0.2) is 29.7 Å². The lowest BCUT2D eigenvalue weighted by atomic mass is 10.5. The van der Waals surface area contributed by atoms with Crippen molar-refractivity contribution in [3.05, 3.63) is 24.5 Å². The molecule has 1 aromatic heterocycles. The van der Waals surface area contributed by atoms with E-state index in [1.165, 1.54) is 0 Å². The molecule has 0 bridgehead atoms. The molecule has 0 fully saturated rings. The van der Waals surface area contributed by atoms with E-state index in [4.69, 9.17) is 24.6 Å². The molecule has 7 heteroatoms. The Labute approximate surface area is 97.4 Å². The van der Waals surface area contributed by atoms with E-state index in [2.05, 4.69) is 10.1 Å². The summed E-state index contributed by atoms with van der Waals surface area (Å²) < 4.78 is 0. The standard InChI is InChI=1S/C8H10N2O.C2H2O4/c1-7(2)10-11-8-3-5-9-6-4-8;3-1(4)2(5)6/h3-6H,1-2H3;(H,3,4)(H,5,6). The smallest absolute Gasteiger partial charge is 0.414 e. The molecular formula is C10H12N2O5. The van der Waals surface area contributed by atoms with Crippen molar-refractivity contribution in [2.75, 3.05) is 0 Å². The maximum Gasteiger partial charge on any atom is 0.414 e. The summed E-state index contributed by atoms with van der Waals surface area (Å²) in [7, 11) is 0. The number of pyridine rings is 1. The molecule has 1 rings (SSSR count). The Morgan fingerprint density at radius 2 is 1.65 bits per heavy atom. The summed E-state index contributed by atoms with van der Waals surface area (Å²) in [6.45, 7) is 3.75. The van der Waals surface area contributed by atoms with Gasteiger partial charge in [-0.15, -0.1) is 0 Å². The zero-order valence-electron chi connectivity index (χ0n) is 9.32. The van der Waals surface area contributed by atoms with Crippen molar-refractivity contribution in [2.45, 2.75) is 13.8 Å². The third-order valence-electron chi connectivity index (χ3n) is 1.17. The summed E-state index contributed by atoms with van der Waals surface area (Å²) in [6.07, 6.45) is 3.33. The number of carbonyl (C=O) groups is 2. The molecule has 1 heterocycles. The average Bonchev–Trinajstić information content (AvgIpc) is 2.28. The Kier molecular flexibility index (Phi) is 6.68. The fraction of sp³-hybridized carbons (Fsp3) is 0.200. The predicted molar refractivity (Wildman–Crippen MR) is 58.9 cm³/mol. The topological polar surface area (TPSA) is 109 Å². The molecule has 0 unspecified atom stereocenters. The van der Waals surface area contributed by atoms with Crippen LogP contribution in [0.1, 0.15) is 13.8 Å². The third kappa shape index (κ3) is 8.55. The van der Waals surface area contributed by atoms with E-state index in [1.807, 2.05) is 13.8 Å². The third-order valence-corrected chi connectivity index (χ3v) is 1.17. The Bertz CT molecular complexity index is 386. The molecule has 0 aliphatic rings. The lowest BCUT2D eigenvalue weighted by Gasteiger charge is -1.95. The second-order valence-electron chi connectivity index (χ2n) is 2.92. The van der Waals surface area contributed by atoms with Gasteiger partial charge in [0.05, 0.1) is 5.71 Å². The number of hydrogen-bond acceptors (Lipinski definition) is 5. The van der Waals surface area contributed by atoms with Gasteiger partial charge in [-0.2, -0.15) is 0 Å². The van der Waals surface area contributed by atoms with Gasteiger partial charge in [-0.3, -0.25) is 4.98 Å². The van der Waals surface area contributed by atoms with Crippen LogP contribution in [0.5, 0.6) is 5.75 Å². The van der Waals surface area contributed by atoms with Crippen LogP contribution >= 0.6 is 0 Å². The van der Waals surface area contributed by atoms with Gasteiger partial charge in [-0.05, 0) is 13.8 Å². The molecule has 0 spiro atoms. The minimum absolute atomic E-state index is 0.709. The van der Waals surface area contributed by atoms with Crippen LogP contribution in [0.2, 0.25) is 0 Å². The summed E-state index contributed by atoms with van der Waals surface area (Å²) in [5.74, 6) is -2.94. The second-order valence-corrected chi connectivity index (χ2v) is 2.92. The van der Waals surface area contributed by atoms with Crippen LogP contribution in [0.25, 0.3) is 0 Å². The van der Waals surface area contributed by atoms with Crippen LogP contribution in [0, 0.1) is 0 Å². The Balaban J connectivity index is 0.000000366. The number of carboxylic acid groups (broad SMARTS) is 2. The molecule has 0 aliphatic carbocycles. The van der Waals surface area contributed by atoms with E-state index in [9.17, 15) is 0 Å². The second kappa shape index (κ2) is 7.80. The van der Waals surface area contributed by atoms with Crippen LogP contribution in [0.3, 0.4) is 0 Å². The highest BCUT2D eigenvalue weighted by molar-refractivity contribution is 6.27. The van der Waals surface area contributed by atoms with Crippen molar-refractivity contribution in [3.8, 4) is 5.75 Å². The maximum absolute atomic E-state index is 9.10. The minimum Gasteiger partial charge on any atom is -0.473 e. The molecule has 2 N–H and O–H groups in total. The zero-order valence-corrected chi connectivity index (χ0v) is 9.32. The number of hydrogen-bond donors (Lipinski definition) is 2. The van der Waals surface area contributed by atoms with Gasteiger partial charge in [-0.25, -0.2) is 9.59 Å². The zero-order chi connectivity index (χ0) is 13.3. The molecule has 7 nitrogen and oxygen atoms in total. The highest BCUT2D eigenvalue weighted by Gasteiger charge is 2.04. The first-order chi connectivity index (χ1) is 7.93. The van der Waals surface area contributed by atoms with Crippen LogP contribution < -0.4 is 4.84 Å². The predicted octanol–water partition coefficient (Wildman–Crippen LogP) is 1.01. The number of carboxylic acids is 2. The molecule has 0 amide bonds. The summed E-state index contributed by atoms with van der Waals surface area (Å²) in [6, 6.07) is 3.51. The SMILES string of the molecule is CC(C)=NOc1ccncc1.O=C(O)C(=O)O. The molecule has 0 atom stereocenters. The Morgan fingerprint density at radius 3 is 2.00 bits per heavy atom. The van der Waals surface area contributed by atoms with Gasteiger partial charge in [0.15, 0.2) is 5.75 Å². The number of aromatic nitrogens is 1. The summed E-state index contributed by atoms with van der Waals surface area (Å²) in [4.78, 5) is 27.1. The lowest BCUT2D eigenvalue weighted by Crippen LogP contribution is -2.09. The summed E-state index contributed by atoms with van der Waals surface area (Å²) in [5, 5.41) is 18.6. The summed E-state index contributed by atoms with van der Waals surface area (Å²) in [5.41, 5.74) is 0.891. The highest BCUT2D eigenvalue weighted by atomic mass is 16.6. The number of nitrogens with zero attached hydrogens (tertiary/aromatic N) is 2. The number of oxime groups is 1. The van der Waals surface area contributed by atoms with Crippen LogP contribution in [-0.2, 0) is 9.59 Å². The van der Waals surface area contributed by atoms with Gasteiger partial charge in [0, 0.05) is 24.5 Å². The van der Waals surface area contributed by atoms with Crippen LogP contribution in [-0.4, -0.2) is 32.8 Å². The first-order valence-electron chi connectivity index (χ1n) is 4.48. The Morgan fingerprint density at radius 1 is 1.18 bits per heavy atom. The van der Waals surface area contributed by atoms with Gasteiger partial charge < -0.3 is 15.1 Å². The number of aliphatic carboxylic acids is 2. The molecule has 0 radical (unpaired) electrons. The first-order valence-corrected chi connectivity index (χ1v) is 4.48. The first kappa shape index (κ1) is 14.6. The molecule has 1 aromatic rings. The van der Waals surface area contributed by atoms with E-state index in [1.54, 1.807) is 24.5 Å². The van der Waals surface area contributed by atoms with E-state index in [0.717, 1.165) is 5.71 Å². The fourth-order valence-electron chi connectivity index (χ4n) is 0.543. The lowest BCUT2D eigenvalue weighted by molar-refractivity contribution is -0.159. The van der Waals surface area contributed by atoms with Crippen molar-refractivity contribution in [1.82, 2.24) is 4.98 Å². The molecule has 0 saturated carbocycles. The fourth-order valence-corrected chi connectivity index (χ4v) is 0.543. The molecule has 0 saturated heterocycles. The molecule has 92 valence electrons. The molecular weight excluding hydrogens is 228 g/mol. The largest absolute Gasteiger partial charge is 0.473 e. The van der Waals surface area contributed by atoms with Crippen LogP contribution in [0.4, 0.5) is 0 Å². The van der Waals surface area contributed by atoms with E-state index < -0.39 is 11.9 Å². The van der Waals surface area contributed by atoms with Gasteiger partial charge in [0.2, 0.25) is 0 Å². The molecule has 0 aromatic carbocycles. The monoisotopic (exact) mass is 240 g/mol. The van der Waals surface area contributed by atoms with Gasteiger partial charge in [-0.1, -0.05) is 5.16 Å². The summed E-state index contributed by atoms with van der Waals surface area (Å²) >= 11 is 0. The van der Waals surface area contributed by atoms with Gasteiger partial charge >= 0.3 is 11.9 Å². The quantitative estimate of drug-likeness (QED) is 0.453. The molecule has 0 aliphatic heterocycles. The number of rotatable bonds is 2. The van der Waals surface area contributed by atoms with Crippen molar-refractivity contribution < 1.29 is 24.6 Å². The van der Waals surface area contributed by atoms with E-state index >= 15 is 0 Å². The van der Waals surface area contributed by atoms with Gasteiger partial charge in [0.25, 0.3) is 0 Å². The van der Waals surface area contributed by atoms with Crippen molar-refractivity contribution in [1.29, 1.82) is 0 Å². The minimum atomic E-state index is -1.82. The normalized spacial score (nSPS) is 8.35. The van der Waals surface area contributed by atoms with Gasteiger partial charge in [0.1, 0.15) is 0 Å². The van der Waals surface area contributed by atoms with Crippen molar-refractivity contribution in [3.63, 3.8) is 0 Å². The van der Waals surface area contributed by atoms with Crippen molar-refractivity contribution in [2.24, 2.45) is 5.16 Å². The average molecular weight is 240 g/mol. The van der Waals surface area contributed by atoms with E-state index in [-0.39, 0.29) is 0 Å². The maximum atomic E-state index is 9.10. The van der Waals surface area contributed by atoms with Crippen molar-refractivity contribution >= 4 is 17.7 Å². The Hall–Kier alpha value is -2.44. The highest BCUT2D eigenvalue weighted by Crippen LogP contribution is 2.06. The van der Waals surface area contributed by atoms with E-state index in [0.29, 0.717) is 5.75 Å².